The average molecular weight is 598 g/mol. The van der Waals surface area contributed by atoms with Gasteiger partial charge in [-0.15, -0.1) is 0 Å². The first-order valence-electron chi connectivity index (χ1n) is 14.5. The van der Waals surface area contributed by atoms with Crippen LogP contribution in [-0.2, 0) is 33.9 Å². The third-order valence-electron chi connectivity index (χ3n) is 7.93. The zero-order chi connectivity index (χ0) is 31.0. The number of cyclic esters (lactones) is 1. The fourth-order valence-corrected chi connectivity index (χ4v) is 5.82. The number of ether oxygens (including phenoxy) is 3. The number of pyridine rings is 3. The fourth-order valence-electron chi connectivity index (χ4n) is 5.82. The predicted molar refractivity (Wildman–Crippen MR) is 160 cm³/mol. The summed E-state index contributed by atoms with van der Waals surface area (Å²) in [5, 5.41) is 3.32. The van der Waals surface area contributed by atoms with Crippen LogP contribution in [0.3, 0.4) is 0 Å². The molecule has 1 aromatic carbocycles. The quantitative estimate of drug-likeness (QED) is 0.191. The number of nitrogens with two attached hydrogens (primary N) is 1. The topological polar surface area (TPSA) is 165 Å². The monoisotopic (exact) mass is 597 g/mol. The van der Waals surface area contributed by atoms with Crippen molar-refractivity contribution in [2.45, 2.75) is 45.8 Å². The minimum absolute atomic E-state index is 0.0294. The Kier molecular flexibility index (Phi) is 7.83. The first kappa shape index (κ1) is 29.0. The van der Waals surface area contributed by atoms with Gasteiger partial charge in [0.15, 0.2) is 0 Å². The second kappa shape index (κ2) is 11.9. The standard InChI is InChI=1S/C32H31N5O7/c1-3-19-22-11-17(44-28(38)14-35-30(39)26-8-6-18(13-34-26)42-10-9-33)5-7-25(22)36-29-23(19)15-37-27(29)12-21-20(4-2)32(41)43-16-24(21)31(37)40/h5-8,11-13,20H,3-4,9-10,14-16,33H2,1-2H3,(H,35,39). The summed E-state index contributed by atoms with van der Waals surface area (Å²) < 4.78 is 17.9. The third kappa shape index (κ3) is 5.17. The Bertz CT molecular complexity index is 1870. The van der Waals surface area contributed by atoms with Gasteiger partial charge in [-0.1, -0.05) is 13.8 Å². The molecule has 0 aliphatic carbocycles. The summed E-state index contributed by atoms with van der Waals surface area (Å²) in [4.78, 5) is 59.9. The van der Waals surface area contributed by atoms with Gasteiger partial charge in [0.05, 0.1) is 41.1 Å². The molecule has 3 aromatic heterocycles. The first-order valence-corrected chi connectivity index (χ1v) is 14.5. The summed E-state index contributed by atoms with van der Waals surface area (Å²) in [7, 11) is 0. The van der Waals surface area contributed by atoms with Gasteiger partial charge in [-0.05, 0) is 60.4 Å². The van der Waals surface area contributed by atoms with Crippen LogP contribution in [0.1, 0.15) is 58.9 Å². The molecule has 0 radical (unpaired) electrons. The average Bonchev–Trinajstić information content (AvgIpc) is 3.40. The van der Waals surface area contributed by atoms with Gasteiger partial charge in [0.25, 0.3) is 11.5 Å². The van der Waals surface area contributed by atoms with Gasteiger partial charge in [0.2, 0.25) is 0 Å². The van der Waals surface area contributed by atoms with E-state index in [-0.39, 0.29) is 30.4 Å². The lowest BCUT2D eigenvalue weighted by Crippen LogP contribution is -2.32. The number of nitrogens with one attached hydrogen (secondary N) is 1. The Balaban J connectivity index is 1.22. The van der Waals surface area contributed by atoms with Gasteiger partial charge in [0, 0.05) is 17.5 Å². The number of aryl methyl sites for hydroxylation is 1. The molecule has 44 heavy (non-hydrogen) atoms. The molecule has 0 spiro atoms. The zero-order valence-corrected chi connectivity index (χ0v) is 24.3. The van der Waals surface area contributed by atoms with Gasteiger partial charge in [-0.25, -0.2) is 14.8 Å². The molecule has 12 nitrogen and oxygen atoms in total. The minimum atomic E-state index is -0.653. The summed E-state index contributed by atoms with van der Waals surface area (Å²) in [6.07, 6.45) is 2.60. The predicted octanol–water partition coefficient (Wildman–Crippen LogP) is 2.61. The van der Waals surface area contributed by atoms with Crippen LogP contribution in [0.25, 0.3) is 22.3 Å². The lowest BCUT2D eigenvalue weighted by Gasteiger charge is -2.24. The molecule has 3 N–H and O–H groups in total. The lowest BCUT2D eigenvalue weighted by atomic mass is 9.90. The van der Waals surface area contributed by atoms with Crippen molar-refractivity contribution < 1.29 is 28.6 Å². The highest BCUT2D eigenvalue weighted by Gasteiger charge is 2.34. The Labute approximate surface area is 252 Å². The number of esters is 2. The Hall–Kier alpha value is -5.10. The largest absolute Gasteiger partial charge is 0.491 e. The number of hydrogen-bond acceptors (Lipinski definition) is 10. The highest BCUT2D eigenvalue weighted by molar-refractivity contribution is 5.95. The molecule has 12 heteroatoms. The number of benzene rings is 1. The van der Waals surface area contributed by atoms with Crippen LogP contribution in [0, 0.1) is 0 Å². The Morgan fingerprint density at radius 3 is 2.66 bits per heavy atom. The molecule has 2 aliphatic heterocycles. The van der Waals surface area contributed by atoms with Crippen LogP contribution in [0.15, 0.2) is 47.4 Å². The van der Waals surface area contributed by atoms with Gasteiger partial charge < -0.3 is 29.8 Å². The molecule has 2 aliphatic rings. The normalized spacial score (nSPS) is 14.8. The smallest absolute Gasteiger partial charge is 0.330 e. The number of fused-ring (bicyclic) bond motifs is 5. The van der Waals surface area contributed by atoms with Crippen LogP contribution >= 0.6 is 0 Å². The molecule has 1 atom stereocenters. The second-order valence-corrected chi connectivity index (χ2v) is 10.5. The van der Waals surface area contributed by atoms with Gasteiger partial charge in [-0.3, -0.25) is 14.4 Å². The van der Waals surface area contributed by atoms with E-state index in [1.54, 1.807) is 28.8 Å². The number of carbonyl (C=O) groups excluding carboxylic acids is 3. The number of amides is 1. The molecule has 0 saturated heterocycles. The van der Waals surface area contributed by atoms with Gasteiger partial charge in [-0.2, -0.15) is 0 Å². The molecular weight excluding hydrogens is 566 g/mol. The molecule has 4 aromatic rings. The van der Waals surface area contributed by atoms with E-state index in [4.69, 9.17) is 24.9 Å². The Morgan fingerprint density at radius 1 is 1.11 bits per heavy atom. The van der Waals surface area contributed by atoms with Crippen LogP contribution in [0.2, 0.25) is 0 Å². The van der Waals surface area contributed by atoms with Crippen molar-refractivity contribution in [1.82, 2.24) is 19.9 Å². The summed E-state index contributed by atoms with van der Waals surface area (Å²) in [5.41, 5.74) is 10.6. The molecule has 0 bridgehead atoms. The number of aromatic nitrogens is 3. The van der Waals surface area contributed by atoms with Gasteiger partial charge >= 0.3 is 11.9 Å². The summed E-state index contributed by atoms with van der Waals surface area (Å²) in [6, 6.07) is 10.2. The van der Waals surface area contributed by atoms with E-state index in [2.05, 4.69) is 10.3 Å². The molecule has 0 saturated carbocycles. The first-order chi connectivity index (χ1) is 21.3. The molecule has 0 fully saturated rings. The summed E-state index contributed by atoms with van der Waals surface area (Å²) in [6.45, 7) is 4.56. The summed E-state index contributed by atoms with van der Waals surface area (Å²) >= 11 is 0. The number of carbonyl (C=O) groups is 3. The fraction of sp³-hybridized carbons (Fsp3) is 0.312. The molecule has 5 heterocycles. The van der Waals surface area contributed by atoms with Crippen molar-refractivity contribution in [3.8, 4) is 22.9 Å². The van der Waals surface area contributed by atoms with Crippen LogP contribution < -0.4 is 26.1 Å². The van der Waals surface area contributed by atoms with Crippen molar-refractivity contribution in [2.75, 3.05) is 19.7 Å². The second-order valence-electron chi connectivity index (χ2n) is 10.5. The highest BCUT2D eigenvalue weighted by Crippen LogP contribution is 2.39. The molecule has 1 unspecified atom stereocenters. The number of nitrogens with zero attached hydrogens (tertiary/aromatic N) is 3. The summed E-state index contributed by atoms with van der Waals surface area (Å²) in [5.74, 6) is -1.19. The molecule has 226 valence electrons. The minimum Gasteiger partial charge on any atom is -0.491 e. The van der Waals surface area contributed by atoms with E-state index in [0.29, 0.717) is 72.1 Å². The molecular formula is C32H31N5O7. The van der Waals surface area contributed by atoms with Gasteiger partial charge in [0.1, 0.15) is 37.0 Å². The van der Waals surface area contributed by atoms with Crippen LogP contribution in [0.4, 0.5) is 0 Å². The van der Waals surface area contributed by atoms with E-state index in [1.165, 1.54) is 12.3 Å². The van der Waals surface area contributed by atoms with Crippen molar-refractivity contribution >= 4 is 28.7 Å². The van der Waals surface area contributed by atoms with E-state index in [0.717, 1.165) is 16.5 Å². The lowest BCUT2D eigenvalue weighted by molar-refractivity contribution is -0.148. The van der Waals surface area contributed by atoms with E-state index in [9.17, 15) is 19.2 Å². The number of hydrogen-bond donors (Lipinski definition) is 2. The SMILES string of the molecule is CCc1c2c(nc3ccc(OC(=O)CNC(=O)c4ccc(OCCN)cn4)cc13)-c1cc3c(c(=O)n1C2)COC(=O)C3CC. The molecule has 6 rings (SSSR count). The maximum atomic E-state index is 13.5. The maximum absolute atomic E-state index is 13.5. The van der Waals surface area contributed by atoms with Crippen molar-refractivity contribution in [3.63, 3.8) is 0 Å². The third-order valence-corrected chi connectivity index (χ3v) is 7.93. The number of rotatable bonds is 9. The van der Waals surface area contributed by atoms with Crippen LogP contribution in [0.5, 0.6) is 11.5 Å². The Morgan fingerprint density at radius 2 is 1.93 bits per heavy atom. The highest BCUT2D eigenvalue weighted by atomic mass is 16.5. The van der Waals surface area contributed by atoms with E-state index < -0.39 is 17.8 Å². The maximum Gasteiger partial charge on any atom is 0.330 e. The van der Waals surface area contributed by atoms with Crippen molar-refractivity contribution in [1.29, 1.82) is 0 Å². The molecule has 1 amide bonds. The van der Waals surface area contributed by atoms with Crippen molar-refractivity contribution in [2.24, 2.45) is 5.73 Å². The zero-order valence-electron chi connectivity index (χ0n) is 24.3. The van der Waals surface area contributed by atoms with Crippen molar-refractivity contribution in [3.05, 3.63) is 80.9 Å². The van der Waals surface area contributed by atoms with Crippen LogP contribution in [-0.4, -0.2) is 52.1 Å². The van der Waals surface area contributed by atoms with E-state index in [1.807, 2.05) is 19.9 Å². The van der Waals surface area contributed by atoms with E-state index >= 15 is 0 Å².